The van der Waals surface area contributed by atoms with Gasteiger partial charge in [0.25, 0.3) is 11.3 Å². The summed E-state index contributed by atoms with van der Waals surface area (Å²) >= 11 is 0. The lowest BCUT2D eigenvalue weighted by atomic mass is 10.2. The van der Waals surface area contributed by atoms with Crippen molar-refractivity contribution in [1.29, 1.82) is 0 Å². The van der Waals surface area contributed by atoms with Crippen molar-refractivity contribution < 1.29 is 9.26 Å². The molecule has 0 radical (unpaired) electrons. The van der Waals surface area contributed by atoms with Gasteiger partial charge in [0, 0.05) is 0 Å². The van der Waals surface area contributed by atoms with Crippen LogP contribution in [-0.2, 0) is 0 Å². The Bertz CT molecular complexity index is 531. The zero-order valence-electron chi connectivity index (χ0n) is 8.56. The molecule has 1 aromatic heterocycles. The van der Waals surface area contributed by atoms with Crippen molar-refractivity contribution in [2.45, 2.75) is 20.0 Å². The Kier molecular flexibility index (Phi) is 2.41. The van der Waals surface area contributed by atoms with E-state index in [0.29, 0.717) is 11.0 Å². The number of hydrogen-bond donors (Lipinski definition) is 0. The molecule has 78 valence electrons. The maximum Gasteiger partial charge on any atom is 0.300 e. The van der Waals surface area contributed by atoms with E-state index in [1.807, 2.05) is 13.8 Å². The van der Waals surface area contributed by atoms with Gasteiger partial charge in [-0.15, -0.1) is 0 Å². The van der Waals surface area contributed by atoms with Crippen molar-refractivity contribution in [2.75, 3.05) is 0 Å². The van der Waals surface area contributed by atoms with Crippen LogP contribution in [0.15, 0.2) is 33.6 Å². The molecule has 1 aromatic carbocycles. The molecule has 1 heterocycles. The van der Waals surface area contributed by atoms with Crippen molar-refractivity contribution in [3.63, 3.8) is 0 Å². The van der Waals surface area contributed by atoms with Gasteiger partial charge in [0.05, 0.1) is 11.5 Å². The largest absolute Gasteiger partial charge is 0.470 e. The Hall–Kier alpha value is -1.84. The fourth-order valence-electron chi connectivity index (χ4n) is 1.28. The minimum absolute atomic E-state index is 0.0173. The van der Waals surface area contributed by atoms with E-state index in [4.69, 9.17) is 9.26 Å². The van der Waals surface area contributed by atoms with Gasteiger partial charge in [-0.05, 0) is 31.1 Å². The predicted octanol–water partition coefficient (Wildman–Crippen LogP) is 1.98. The third-order valence-electron chi connectivity index (χ3n) is 1.90. The minimum Gasteiger partial charge on any atom is -0.470 e. The van der Waals surface area contributed by atoms with Crippen LogP contribution in [0.3, 0.4) is 0 Å². The first-order chi connectivity index (χ1) is 7.18. The Labute approximate surface area is 86.5 Å². The molecular formula is C11H11NO3. The molecular weight excluding hydrogens is 194 g/mol. The van der Waals surface area contributed by atoms with E-state index in [2.05, 4.69) is 5.16 Å². The second-order valence-electron chi connectivity index (χ2n) is 3.48. The molecule has 2 aromatic rings. The zero-order chi connectivity index (χ0) is 10.8. The standard InChI is InChI=1S/C11H11NO3/c1-7(2)14-11-10(13)8-5-3-4-6-9(8)15-12-11/h3-7H,1-2H3. The Morgan fingerprint density at radius 3 is 2.80 bits per heavy atom. The van der Waals surface area contributed by atoms with Crippen LogP contribution in [0.5, 0.6) is 5.88 Å². The van der Waals surface area contributed by atoms with Gasteiger partial charge in [0.1, 0.15) is 0 Å². The van der Waals surface area contributed by atoms with Crippen LogP contribution < -0.4 is 10.2 Å². The molecule has 0 N–H and O–H groups in total. The highest BCUT2D eigenvalue weighted by atomic mass is 16.5. The molecule has 4 nitrogen and oxygen atoms in total. The van der Waals surface area contributed by atoms with Gasteiger partial charge in [-0.3, -0.25) is 4.79 Å². The van der Waals surface area contributed by atoms with E-state index in [-0.39, 0.29) is 17.4 Å². The molecule has 15 heavy (non-hydrogen) atoms. The van der Waals surface area contributed by atoms with Crippen LogP contribution in [0, 0.1) is 0 Å². The van der Waals surface area contributed by atoms with E-state index in [0.717, 1.165) is 0 Å². The van der Waals surface area contributed by atoms with Crippen LogP contribution in [0.1, 0.15) is 13.8 Å². The monoisotopic (exact) mass is 205 g/mol. The molecule has 0 saturated carbocycles. The van der Waals surface area contributed by atoms with E-state index in [1.165, 1.54) is 0 Å². The lowest BCUT2D eigenvalue weighted by Crippen LogP contribution is -2.15. The molecule has 0 fully saturated rings. The van der Waals surface area contributed by atoms with Crippen molar-refractivity contribution in [3.8, 4) is 5.88 Å². The average Bonchev–Trinajstić information content (AvgIpc) is 2.22. The normalized spacial score (nSPS) is 10.9. The number of hydrogen-bond acceptors (Lipinski definition) is 4. The Morgan fingerprint density at radius 1 is 1.33 bits per heavy atom. The van der Waals surface area contributed by atoms with E-state index in [1.54, 1.807) is 24.3 Å². The van der Waals surface area contributed by atoms with Crippen molar-refractivity contribution in [3.05, 3.63) is 34.5 Å². The first-order valence-corrected chi connectivity index (χ1v) is 4.74. The Morgan fingerprint density at radius 2 is 2.07 bits per heavy atom. The summed E-state index contributed by atoms with van der Waals surface area (Å²) in [6, 6.07) is 6.95. The molecule has 0 spiro atoms. The number of para-hydroxylation sites is 1. The fourth-order valence-corrected chi connectivity index (χ4v) is 1.28. The van der Waals surface area contributed by atoms with Crippen LogP contribution in [0.4, 0.5) is 0 Å². The van der Waals surface area contributed by atoms with Crippen LogP contribution in [0.2, 0.25) is 0 Å². The summed E-state index contributed by atoms with van der Waals surface area (Å²) in [4.78, 5) is 11.8. The molecule has 0 unspecified atom stereocenters. The molecule has 0 saturated heterocycles. The molecule has 4 heteroatoms. The van der Waals surface area contributed by atoms with Crippen LogP contribution in [0.25, 0.3) is 11.0 Å². The first kappa shape index (κ1) is 9.71. The number of ether oxygens (including phenoxy) is 1. The molecule has 0 bridgehead atoms. The molecule has 0 aliphatic rings. The quantitative estimate of drug-likeness (QED) is 0.752. The average molecular weight is 205 g/mol. The molecule has 0 aliphatic carbocycles. The summed E-state index contributed by atoms with van der Waals surface area (Å²) < 4.78 is 10.3. The summed E-state index contributed by atoms with van der Waals surface area (Å²) in [5, 5.41) is 4.13. The lowest BCUT2D eigenvalue weighted by molar-refractivity contribution is 0.209. The van der Waals surface area contributed by atoms with Gasteiger partial charge in [-0.1, -0.05) is 12.1 Å². The van der Waals surface area contributed by atoms with Gasteiger partial charge in [0.15, 0.2) is 5.58 Å². The van der Waals surface area contributed by atoms with Crippen LogP contribution in [-0.4, -0.2) is 11.3 Å². The summed E-state index contributed by atoms with van der Waals surface area (Å²) in [7, 11) is 0. The summed E-state index contributed by atoms with van der Waals surface area (Å²) in [6.45, 7) is 3.66. The minimum atomic E-state index is -0.231. The van der Waals surface area contributed by atoms with Crippen molar-refractivity contribution in [2.24, 2.45) is 0 Å². The number of rotatable bonds is 2. The number of benzene rings is 1. The predicted molar refractivity (Wildman–Crippen MR) is 56.0 cm³/mol. The van der Waals surface area contributed by atoms with E-state index >= 15 is 0 Å². The highest BCUT2D eigenvalue weighted by Crippen LogP contribution is 2.11. The third kappa shape index (κ3) is 1.83. The SMILES string of the molecule is CC(C)Oc1noc2ccccc2c1=O. The summed E-state index contributed by atoms with van der Waals surface area (Å²) in [5.74, 6) is 0.0173. The van der Waals surface area contributed by atoms with Gasteiger partial charge in [0.2, 0.25) is 0 Å². The molecule has 0 aliphatic heterocycles. The number of nitrogens with zero attached hydrogens (tertiary/aromatic N) is 1. The van der Waals surface area contributed by atoms with Crippen LogP contribution >= 0.6 is 0 Å². The zero-order valence-corrected chi connectivity index (χ0v) is 8.56. The third-order valence-corrected chi connectivity index (χ3v) is 1.90. The van der Waals surface area contributed by atoms with Gasteiger partial charge in [-0.25, -0.2) is 0 Å². The molecule has 0 amide bonds. The summed E-state index contributed by atoms with van der Waals surface area (Å²) in [5.41, 5.74) is 0.240. The van der Waals surface area contributed by atoms with Gasteiger partial charge in [-0.2, -0.15) is 0 Å². The molecule has 2 rings (SSSR count). The second kappa shape index (κ2) is 3.73. The van der Waals surface area contributed by atoms with Gasteiger partial charge >= 0.3 is 0 Å². The lowest BCUT2D eigenvalue weighted by Gasteiger charge is -2.06. The topological polar surface area (TPSA) is 52.3 Å². The van der Waals surface area contributed by atoms with Crippen molar-refractivity contribution >= 4 is 11.0 Å². The van der Waals surface area contributed by atoms with E-state index in [9.17, 15) is 4.79 Å². The maximum absolute atomic E-state index is 11.8. The smallest absolute Gasteiger partial charge is 0.300 e. The molecule has 0 atom stereocenters. The van der Waals surface area contributed by atoms with Crippen molar-refractivity contribution in [1.82, 2.24) is 5.16 Å². The highest BCUT2D eigenvalue weighted by Gasteiger charge is 2.10. The highest BCUT2D eigenvalue weighted by molar-refractivity contribution is 5.76. The Balaban J connectivity index is 2.60. The fraction of sp³-hybridized carbons (Fsp3) is 0.273. The number of fused-ring (bicyclic) bond motifs is 1. The maximum atomic E-state index is 11.8. The summed E-state index contributed by atoms with van der Waals surface area (Å²) in [6.07, 6.45) is -0.0958. The first-order valence-electron chi connectivity index (χ1n) is 4.74. The van der Waals surface area contributed by atoms with E-state index < -0.39 is 0 Å². The second-order valence-corrected chi connectivity index (χ2v) is 3.48. The van der Waals surface area contributed by atoms with Gasteiger partial charge < -0.3 is 9.26 Å². The number of aromatic nitrogens is 1.